The first kappa shape index (κ1) is 12.6. The van der Waals surface area contributed by atoms with E-state index >= 15 is 0 Å². The Bertz CT molecular complexity index is 607. The Hall–Kier alpha value is -1.87. The number of hydrogen-bond acceptors (Lipinski definition) is 3. The summed E-state index contributed by atoms with van der Waals surface area (Å²) < 4.78 is 4.45. The van der Waals surface area contributed by atoms with Crippen LogP contribution in [0.25, 0.3) is 10.8 Å². The smallest absolute Gasteiger partial charge is 0.331 e. The van der Waals surface area contributed by atoms with Crippen LogP contribution < -0.4 is 0 Å². The molecule has 0 heterocycles. The topological polar surface area (TPSA) is 43.4 Å². The van der Waals surface area contributed by atoms with Crippen molar-refractivity contribution in [3.63, 3.8) is 0 Å². The second-order valence-electron chi connectivity index (χ2n) is 3.81. The summed E-state index contributed by atoms with van der Waals surface area (Å²) in [6.45, 7) is 0. The Morgan fingerprint density at radius 2 is 1.78 bits per heavy atom. The highest BCUT2D eigenvalue weighted by molar-refractivity contribution is 6.43. The quantitative estimate of drug-likeness (QED) is 0.370. The molecule has 3 nitrogen and oxygen atoms in total. The van der Waals surface area contributed by atoms with Crippen molar-refractivity contribution in [1.82, 2.24) is 0 Å². The summed E-state index contributed by atoms with van der Waals surface area (Å²) in [5.41, 5.74) is 0.402. The summed E-state index contributed by atoms with van der Waals surface area (Å²) in [7, 11) is 1.20. The standard InChI is InChI=1S/C14H11ClO3/c1-18-14(17)12(15)13(16)11-7-6-9-4-2-3-5-10(9)8-11/h2-8,12H,1H3. The van der Waals surface area contributed by atoms with Gasteiger partial charge >= 0.3 is 5.97 Å². The van der Waals surface area contributed by atoms with Crippen LogP contribution in [0.2, 0.25) is 0 Å². The summed E-state index contributed by atoms with van der Waals surface area (Å²) in [5, 5.41) is 0.659. The molecule has 0 amide bonds. The average Bonchev–Trinajstić information content (AvgIpc) is 2.44. The number of methoxy groups -OCH3 is 1. The van der Waals surface area contributed by atoms with Gasteiger partial charge in [-0.2, -0.15) is 0 Å². The van der Waals surface area contributed by atoms with Gasteiger partial charge in [-0.15, -0.1) is 11.6 Å². The highest BCUT2D eigenvalue weighted by Crippen LogP contribution is 2.18. The number of ketones is 1. The number of alkyl halides is 1. The van der Waals surface area contributed by atoms with E-state index in [2.05, 4.69) is 4.74 Å². The van der Waals surface area contributed by atoms with Crippen molar-refractivity contribution in [2.45, 2.75) is 5.38 Å². The van der Waals surface area contributed by atoms with Crippen LogP contribution in [-0.4, -0.2) is 24.2 Å². The molecule has 18 heavy (non-hydrogen) atoms. The van der Waals surface area contributed by atoms with Gasteiger partial charge in [-0.1, -0.05) is 36.4 Å². The van der Waals surface area contributed by atoms with Crippen LogP contribution in [0.5, 0.6) is 0 Å². The third-order valence-electron chi connectivity index (χ3n) is 2.67. The molecule has 2 rings (SSSR count). The van der Waals surface area contributed by atoms with E-state index in [-0.39, 0.29) is 0 Å². The minimum atomic E-state index is -1.30. The number of ether oxygens (including phenoxy) is 1. The van der Waals surface area contributed by atoms with E-state index in [0.29, 0.717) is 5.56 Å². The van der Waals surface area contributed by atoms with E-state index in [9.17, 15) is 9.59 Å². The van der Waals surface area contributed by atoms with Crippen molar-refractivity contribution in [1.29, 1.82) is 0 Å². The first-order chi connectivity index (χ1) is 8.63. The lowest BCUT2D eigenvalue weighted by atomic mass is 10.0. The number of carbonyl (C=O) groups is 2. The SMILES string of the molecule is COC(=O)C(Cl)C(=O)c1ccc2ccccc2c1. The summed E-state index contributed by atoms with van der Waals surface area (Å²) in [6, 6.07) is 12.8. The van der Waals surface area contributed by atoms with Crippen molar-refractivity contribution >= 4 is 34.1 Å². The first-order valence-electron chi connectivity index (χ1n) is 5.38. The molecule has 2 aromatic carbocycles. The molecule has 0 fully saturated rings. The van der Waals surface area contributed by atoms with E-state index < -0.39 is 17.1 Å². The van der Waals surface area contributed by atoms with E-state index in [1.54, 1.807) is 12.1 Å². The molecule has 4 heteroatoms. The van der Waals surface area contributed by atoms with Crippen LogP contribution >= 0.6 is 11.6 Å². The number of carbonyl (C=O) groups excluding carboxylic acids is 2. The molecule has 92 valence electrons. The Morgan fingerprint density at radius 3 is 2.44 bits per heavy atom. The molecule has 0 spiro atoms. The highest BCUT2D eigenvalue weighted by atomic mass is 35.5. The van der Waals surface area contributed by atoms with Crippen molar-refractivity contribution in [2.24, 2.45) is 0 Å². The molecule has 0 aliphatic carbocycles. The van der Waals surface area contributed by atoms with Crippen LogP contribution in [0, 0.1) is 0 Å². The molecule has 0 bridgehead atoms. The molecule has 0 aromatic heterocycles. The summed E-state index contributed by atoms with van der Waals surface area (Å²) in [6.07, 6.45) is 0. The fourth-order valence-corrected chi connectivity index (χ4v) is 1.91. The van der Waals surface area contributed by atoms with Gasteiger partial charge in [-0.25, -0.2) is 4.79 Å². The fourth-order valence-electron chi connectivity index (χ4n) is 1.70. The Kier molecular flexibility index (Phi) is 3.63. The zero-order valence-corrected chi connectivity index (χ0v) is 10.5. The van der Waals surface area contributed by atoms with E-state index in [4.69, 9.17) is 11.6 Å². The molecule has 1 atom stereocenters. The number of esters is 1. The second-order valence-corrected chi connectivity index (χ2v) is 4.25. The van der Waals surface area contributed by atoms with E-state index in [0.717, 1.165) is 10.8 Å². The monoisotopic (exact) mass is 262 g/mol. The third kappa shape index (κ3) is 2.36. The fraction of sp³-hybridized carbons (Fsp3) is 0.143. The van der Waals surface area contributed by atoms with Crippen molar-refractivity contribution in [3.05, 3.63) is 48.0 Å². The maximum atomic E-state index is 12.0. The number of fused-ring (bicyclic) bond motifs is 1. The number of rotatable bonds is 3. The van der Waals surface area contributed by atoms with E-state index in [1.807, 2.05) is 30.3 Å². The van der Waals surface area contributed by atoms with Gasteiger partial charge in [0.2, 0.25) is 0 Å². The average molecular weight is 263 g/mol. The number of hydrogen-bond donors (Lipinski definition) is 0. The predicted octanol–water partition coefficient (Wildman–Crippen LogP) is 2.80. The lowest BCUT2D eigenvalue weighted by Gasteiger charge is -2.07. The van der Waals surface area contributed by atoms with Crippen LogP contribution in [0.1, 0.15) is 10.4 Å². The molecular weight excluding hydrogens is 252 g/mol. The van der Waals surface area contributed by atoms with Gasteiger partial charge in [0.1, 0.15) is 0 Å². The Balaban J connectivity index is 2.36. The van der Waals surface area contributed by atoms with Gasteiger partial charge in [0.15, 0.2) is 11.2 Å². The first-order valence-corrected chi connectivity index (χ1v) is 5.82. The predicted molar refractivity (Wildman–Crippen MR) is 69.9 cm³/mol. The second kappa shape index (κ2) is 5.19. The number of halogens is 1. The van der Waals surface area contributed by atoms with Gasteiger partial charge < -0.3 is 4.74 Å². The molecule has 0 radical (unpaired) electrons. The van der Waals surface area contributed by atoms with Crippen LogP contribution in [0.3, 0.4) is 0 Å². The zero-order valence-electron chi connectivity index (χ0n) is 9.72. The minimum absolute atomic E-state index is 0.402. The third-order valence-corrected chi connectivity index (χ3v) is 3.05. The maximum absolute atomic E-state index is 12.0. The van der Waals surface area contributed by atoms with Gasteiger partial charge in [0, 0.05) is 5.56 Å². The normalized spacial score (nSPS) is 12.1. The van der Waals surface area contributed by atoms with Crippen LogP contribution in [0.4, 0.5) is 0 Å². The molecule has 1 unspecified atom stereocenters. The minimum Gasteiger partial charge on any atom is -0.468 e. The summed E-state index contributed by atoms with van der Waals surface area (Å²) in [5.74, 6) is -1.19. The highest BCUT2D eigenvalue weighted by Gasteiger charge is 2.25. The van der Waals surface area contributed by atoms with Gasteiger partial charge in [0.05, 0.1) is 7.11 Å². The lowest BCUT2D eigenvalue weighted by molar-refractivity contribution is -0.139. The molecule has 0 aliphatic heterocycles. The maximum Gasteiger partial charge on any atom is 0.331 e. The lowest BCUT2D eigenvalue weighted by Crippen LogP contribution is -2.25. The molecular formula is C14H11ClO3. The van der Waals surface area contributed by atoms with Gasteiger partial charge in [-0.05, 0) is 16.8 Å². The molecule has 0 saturated heterocycles. The van der Waals surface area contributed by atoms with Crippen LogP contribution in [-0.2, 0) is 9.53 Å². The Morgan fingerprint density at radius 1 is 1.11 bits per heavy atom. The van der Waals surface area contributed by atoms with Crippen molar-refractivity contribution in [3.8, 4) is 0 Å². The van der Waals surface area contributed by atoms with Gasteiger partial charge in [0.25, 0.3) is 0 Å². The number of Topliss-reactive ketones (excluding diaryl/α,β-unsaturated/α-hetero) is 1. The zero-order chi connectivity index (χ0) is 13.1. The largest absolute Gasteiger partial charge is 0.468 e. The van der Waals surface area contributed by atoms with Crippen molar-refractivity contribution < 1.29 is 14.3 Å². The summed E-state index contributed by atoms with van der Waals surface area (Å²) >= 11 is 5.74. The molecule has 2 aromatic rings. The number of benzene rings is 2. The Labute approximate surface area is 109 Å². The summed E-state index contributed by atoms with van der Waals surface area (Å²) in [4.78, 5) is 23.2. The van der Waals surface area contributed by atoms with Crippen LogP contribution in [0.15, 0.2) is 42.5 Å². The molecule has 0 N–H and O–H groups in total. The van der Waals surface area contributed by atoms with E-state index in [1.165, 1.54) is 7.11 Å². The molecule has 0 aliphatic rings. The molecule has 0 saturated carbocycles. The van der Waals surface area contributed by atoms with Crippen molar-refractivity contribution in [2.75, 3.05) is 7.11 Å². The van der Waals surface area contributed by atoms with Gasteiger partial charge in [-0.3, -0.25) is 4.79 Å².